The number of ether oxygens (including phenoxy) is 1. The van der Waals surface area contributed by atoms with Crippen LogP contribution in [-0.4, -0.2) is 29.6 Å². The summed E-state index contributed by atoms with van der Waals surface area (Å²) in [4.78, 5) is 25.2. The second kappa shape index (κ2) is 7.04. The maximum absolute atomic E-state index is 13.9. The maximum Gasteiger partial charge on any atom is 0.339 e. The van der Waals surface area contributed by atoms with E-state index < -0.39 is 17.6 Å². The average Bonchev–Trinajstić information content (AvgIpc) is 3.15. The van der Waals surface area contributed by atoms with Gasteiger partial charge in [-0.2, -0.15) is 0 Å². The highest BCUT2D eigenvalue weighted by atomic mass is 19.1. The summed E-state index contributed by atoms with van der Waals surface area (Å²) in [6, 6.07) is 4.84. The summed E-state index contributed by atoms with van der Waals surface area (Å²) in [5.41, 5.74) is 0.543. The van der Waals surface area contributed by atoms with Gasteiger partial charge < -0.3 is 14.2 Å². The topological polar surface area (TPSA) is 51.5 Å². The Morgan fingerprint density at radius 1 is 1.32 bits per heavy atom. The lowest BCUT2D eigenvalue weighted by atomic mass is 10.1. The highest BCUT2D eigenvalue weighted by molar-refractivity contribution is 5.95. The van der Waals surface area contributed by atoms with E-state index in [2.05, 4.69) is 0 Å². The molecule has 1 saturated heterocycles. The highest BCUT2D eigenvalue weighted by Gasteiger charge is 2.32. The van der Waals surface area contributed by atoms with Gasteiger partial charge in [-0.1, -0.05) is 0 Å². The number of benzene rings is 1. The van der Waals surface area contributed by atoms with Crippen molar-refractivity contribution in [2.24, 2.45) is 5.92 Å². The highest BCUT2D eigenvalue weighted by Crippen LogP contribution is 2.28. The third-order valence-electron chi connectivity index (χ3n) is 4.14. The van der Waals surface area contributed by atoms with Crippen LogP contribution in [0.4, 0.5) is 14.5 Å². The minimum Gasteiger partial charge on any atom is -0.462 e. The van der Waals surface area contributed by atoms with Crippen LogP contribution >= 0.6 is 0 Å². The molecule has 2 heterocycles. The Bertz CT molecular complexity index is 803. The standard InChI is InChI=1S/C18H18F2N2O3/c1-2-25-18(24)13-5-6-21(11-13)9-12-7-17(23)22(10-12)16-4-3-14(19)8-15(16)20/h3-6,8,11-12H,2,7,9-10H2,1H3. The van der Waals surface area contributed by atoms with E-state index in [1.807, 2.05) is 4.57 Å². The Hall–Kier alpha value is -2.70. The van der Waals surface area contributed by atoms with Gasteiger partial charge in [0.05, 0.1) is 17.9 Å². The second-order valence-corrected chi connectivity index (χ2v) is 5.99. The molecule has 1 aromatic carbocycles. The number of amides is 1. The molecule has 25 heavy (non-hydrogen) atoms. The number of halogens is 2. The van der Waals surface area contributed by atoms with E-state index >= 15 is 0 Å². The summed E-state index contributed by atoms with van der Waals surface area (Å²) in [7, 11) is 0. The van der Waals surface area contributed by atoms with Gasteiger partial charge in [0, 0.05) is 43.9 Å². The molecular formula is C18H18F2N2O3. The molecule has 1 unspecified atom stereocenters. The van der Waals surface area contributed by atoms with E-state index in [1.165, 1.54) is 11.0 Å². The van der Waals surface area contributed by atoms with Crippen LogP contribution in [0, 0.1) is 17.6 Å². The van der Waals surface area contributed by atoms with Gasteiger partial charge >= 0.3 is 5.97 Å². The lowest BCUT2D eigenvalue weighted by molar-refractivity contribution is -0.117. The zero-order valence-electron chi connectivity index (χ0n) is 13.7. The van der Waals surface area contributed by atoms with E-state index in [1.54, 1.807) is 25.4 Å². The van der Waals surface area contributed by atoms with Crippen LogP contribution in [-0.2, 0) is 16.1 Å². The number of aromatic nitrogens is 1. The monoisotopic (exact) mass is 348 g/mol. The first-order valence-corrected chi connectivity index (χ1v) is 8.06. The SMILES string of the molecule is CCOC(=O)c1ccn(CC2CC(=O)N(c3ccc(F)cc3F)C2)c1. The number of hydrogen-bond acceptors (Lipinski definition) is 3. The smallest absolute Gasteiger partial charge is 0.339 e. The predicted molar refractivity (Wildman–Crippen MR) is 87.2 cm³/mol. The Morgan fingerprint density at radius 3 is 2.84 bits per heavy atom. The molecule has 1 fully saturated rings. The molecule has 5 nitrogen and oxygen atoms in total. The molecule has 0 aliphatic carbocycles. The number of nitrogens with zero attached hydrogens (tertiary/aromatic N) is 2. The molecule has 0 spiro atoms. The van der Waals surface area contributed by atoms with Gasteiger partial charge in [0.25, 0.3) is 0 Å². The quantitative estimate of drug-likeness (QED) is 0.781. The average molecular weight is 348 g/mol. The van der Waals surface area contributed by atoms with Crippen LogP contribution in [0.25, 0.3) is 0 Å². The summed E-state index contributed by atoms with van der Waals surface area (Å²) >= 11 is 0. The number of esters is 1. The zero-order chi connectivity index (χ0) is 18.0. The summed E-state index contributed by atoms with van der Waals surface area (Å²) in [6.45, 7) is 2.90. The Morgan fingerprint density at radius 2 is 2.12 bits per heavy atom. The molecule has 0 N–H and O–H groups in total. The number of hydrogen-bond donors (Lipinski definition) is 0. The molecule has 0 bridgehead atoms. The van der Waals surface area contributed by atoms with E-state index in [4.69, 9.17) is 4.74 Å². The largest absolute Gasteiger partial charge is 0.462 e. The van der Waals surface area contributed by atoms with Crippen molar-refractivity contribution in [3.63, 3.8) is 0 Å². The third kappa shape index (κ3) is 3.70. The van der Waals surface area contributed by atoms with Gasteiger partial charge in [0.1, 0.15) is 11.6 Å². The first-order valence-electron chi connectivity index (χ1n) is 8.06. The van der Waals surface area contributed by atoms with Crippen molar-refractivity contribution >= 4 is 17.6 Å². The van der Waals surface area contributed by atoms with E-state index in [0.717, 1.165) is 12.1 Å². The van der Waals surface area contributed by atoms with Crippen molar-refractivity contribution in [1.82, 2.24) is 4.57 Å². The lowest BCUT2D eigenvalue weighted by Crippen LogP contribution is -2.26. The van der Waals surface area contributed by atoms with Gasteiger partial charge in [-0.25, -0.2) is 13.6 Å². The van der Waals surface area contributed by atoms with Crippen molar-refractivity contribution in [1.29, 1.82) is 0 Å². The molecule has 1 amide bonds. The van der Waals surface area contributed by atoms with E-state index in [9.17, 15) is 18.4 Å². The van der Waals surface area contributed by atoms with Crippen LogP contribution < -0.4 is 4.90 Å². The minimum atomic E-state index is -0.750. The number of carbonyl (C=O) groups excluding carboxylic acids is 2. The Balaban J connectivity index is 1.68. The zero-order valence-corrected chi connectivity index (χ0v) is 13.7. The van der Waals surface area contributed by atoms with Crippen molar-refractivity contribution < 1.29 is 23.1 Å². The van der Waals surface area contributed by atoms with E-state index in [0.29, 0.717) is 25.3 Å². The fraction of sp³-hybridized carbons (Fsp3) is 0.333. The molecule has 1 atom stereocenters. The number of rotatable bonds is 5. The van der Waals surface area contributed by atoms with Crippen molar-refractivity contribution in [2.45, 2.75) is 19.9 Å². The Kier molecular flexibility index (Phi) is 4.83. The summed E-state index contributed by atoms with van der Waals surface area (Å²) in [6.07, 6.45) is 3.69. The molecule has 7 heteroatoms. The third-order valence-corrected chi connectivity index (χ3v) is 4.14. The number of anilines is 1. The van der Waals surface area contributed by atoms with Gasteiger partial charge in [-0.3, -0.25) is 4.79 Å². The van der Waals surface area contributed by atoms with Crippen LogP contribution in [0.5, 0.6) is 0 Å². The minimum absolute atomic E-state index is 0.0283. The van der Waals surface area contributed by atoms with Crippen LogP contribution in [0.1, 0.15) is 23.7 Å². The molecule has 132 valence electrons. The fourth-order valence-corrected chi connectivity index (χ4v) is 3.02. The summed E-state index contributed by atoms with van der Waals surface area (Å²) in [5, 5.41) is 0. The molecule has 1 aliphatic rings. The first-order chi connectivity index (χ1) is 12.0. The summed E-state index contributed by atoms with van der Waals surface area (Å²) in [5.74, 6) is -2.05. The normalized spacial score (nSPS) is 17.2. The fourth-order valence-electron chi connectivity index (χ4n) is 3.02. The van der Waals surface area contributed by atoms with Gasteiger partial charge in [-0.05, 0) is 25.1 Å². The molecular weight excluding hydrogens is 330 g/mol. The maximum atomic E-state index is 13.9. The molecule has 1 aromatic heterocycles. The lowest BCUT2D eigenvalue weighted by Gasteiger charge is -2.17. The van der Waals surface area contributed by atoms with Crippen molar-refractivity contribution in [3.05, 3.63) is 53.9 Å². The molecule has 0 radical (unpaired) electrons. The van der Waals surface area contributed by atoms with Gasteiger partial charge in [0.15, 0.2) is 0 Å². The van der Waals surface area contributed by atoms with Crippen LogP contribution in [0.3, 0.4) is 0 Å². The molecule has 2 aromatic rings. The predicted octanol–water partition coefficient (Wildman–Crippen LogP) is 3.00. The summed E-state index contributed by atoms with van der Waals surface area (Å²) < 4.78 is 33.7. The van der Waals surface area contributed by atoms with Crippen molar-refractivity contribution in [2.75, 3.05) is 18.1 Å². The Labute approximate surface area is 143 Å². The number of carbonyl (C=O) groups is 2. The molecule has 0 saturated carbocycles. The van der Waals surface area contributed by atoms with Gasteiger partial charge in [-0.15, -0.1) is 0 Å². The van der Waals surface area contributed by atoms with E-state index in [-0.39, 0.29) is 23.9 Å². The first kappa shape index (κ1) is 17.1. The molecule has 1 aliphatic heterocycles. The van der Waals surface area contributed by atoms with Crippen LogP contribution in [0.2, 0.25) is 0 Å². The second-order valence-electron chi connectivity index (χ2n) is 5.99. The van der Waals surface area contributed by atoms with Crippen LogP contribution in [0.15, 0.2) is 36.7 Å². The van der Waals surface area contributed by atoms with Crippen molar-refractivity contribution in [3.8, 4) is 0 Å². The van der Waals surface area contributed by atoms with Gasteiger partial charge in [0.2, 0.25) is 5.91 Å². The molecule has 3 rings (SSSR count).